The maximum Gasteiger partial charge on any atom is 0.267 e. The van der Waals surface area contributed by atoms with E-state index in [0.717, 1.165) is 23.8 Å². The van der Waals surface area contributed by atoms with E-state index >= 15 is 0 Å². The standard InChI is InChI=1S/C14H13F2NO2S/c1-9-5-3-8-13(10(9)2)17-20(18,19)14-11(15)6-4-7-12(14)16/h3-8,17H,1-2H3. The second-order valence-corrected chi connectivity index (χ2v) is 6.02. The minimum absolute atomic E-state index is 0.299. The second-order valence-electron chi connectivity index (χ2n) is 4.40. The van der Waals surface area contributed by atoms with Gasteiger partial charge in [0.1, 0.15) is 11.6 Å². The van der Waals surface area contributed by atoms with E-state index in [1.54, 1.807) is 19.1 Å². The average Bonchev–Trinajstić information content (AvgIpc) is 2.34. The molecule has 3 nitrogen and oxygen atoms in total. The first kappa shape index (κ1) is 14.5. The lowest BCUT2D eigenvalue weighted by Gasteiger charge is -2.13. The fourth-order valence-electron chi connectivity index (χ4n) is 1.80. The van der Waals surface area contributed by atoms with E-state index in [2.05, 4.69) is 4.72 Å². The Labute approximate surface area is 116 Å². The number of aryl methyl sites for hydroxylation is 1. The highest BCUT2D eigenvalue weighted by molar-refractivity contribution is 7.92. The van der Waals surface area contributed by atoms with Crippen molar-refractivity contribution in [2.75, 3.05) is 4.72 Å². The van der Waals surface area contributed by atoms with Crippen LogP contribution in [0.25, 0.3) is 0 Å². The molecule has 0 spiro atoms. The first-order valence-electron chi connectivity index (χ1n) is 5.86. The van der Waals surface area contributed by atoms with Gasteiger partial charge in [0.15, 0.2) is 4.90 Å². The van der Waals surface area contributed by atoms with Gasteiger partial charge in [-0.05, 0) is 43.2 Å². The lowest BCUT2D eigenvalue weighted by molar-refractivity contribution is 0.521. The number of nitrogens with one attached hydrogen (secondary N) is 1. The molecule has 0 atom stereocenters. The molecule has 0 aliphatic heterocycles. The summed E-state index contributed by atoms with van der Waals surface area (Å²) in [4.78, 5) is -0.971. The average molecular weight is 297 g/mol. The molecule has 0 saturated carbocycles. The molecule has 0 bridgehead atoms. The summed E-state index contributed by atoms with van der Waals surface area (Å²) in [6.45, 7) is 3.54. The molecule has 0 heterocycles. The van der Waals surface area contributed by atoms with Gasteiger partial charge in [0.2, 0.25) is 0 Å². The molecule has 0 radical (unpaired) electrons. The predicted molar refractivity (Wildman–Crippen MR) is 73.1 cm³/mol. The summed E-state index contributed by atoms with van der Waals surface area (Å²) >= 11 is 0. The SMILES string of the molecule is Cc1cccc(NS(=O)(=O)c2c(F)cccc2F)c1C. The van der Waals surface area contributed by atoms with Gasteiger partial charge in [0.05, 0.1) is 5.69 Å². The first-order chi connectivity index (χ1) is 9.33. The topological polar surface area (TPSA) is 46.2 Å². The molecular weight excluding hydrogens is 284 g/mol. The molecule has 0 aliphatic carbocycles. The third kappa shape index (κ3) is 2.65. The summed E-state index contributed by atoms with van der Waals surface area (Å²) in [5.41, 5.74) is 1.87. The molecule has 2 rings (SSSR count). The molecule has 0 fully saturated rings. The number of rotatable bonds is 3. The van der Waals surface area contributed by atoms with Crippen LogP contribution in [0.1, 0.15) is 11.1 Å². The highest BCUT2D eigenvalue weighted by atomic mass is 32.2. The quantitative estimate of drug-likeness (QED) is 0.944. The van der Waals surface area contributed by atoms with Crippen LogP contribution in [0.15, 0.2) is 41.3 Å². The van der Waals surface area contributed by atoms with E-state index in [0.29, 0.717) is 11.3 Å². The van der Waals surface area contributed by atoms with Crippen LogP contribution in [0.4, 0.5) is 14.5 Å². The Kier molecular flexibility index (Phi) is 3.76. The zero-order valence-electron chi connectivity index (χ0n) is 10.9. The Balaban J connectivity index is 2.50. The first-order valence-corrected chi connectivity index (χ1v) is 7.34. The summed E-state index contributed by atoms with van der Waals surface area (Å²) in [6, 6.07) is 7.94. The summed E-state index contributed by atoms with van der Waals surface area (Å²) < 4.78 is 53.6. The van der Waals surface area contributed by atoms with Gasteiger partial charge in [-0.25, -0.2) is 17.2 Å². The van der Waals surface area contributed by atoms with Gasteiger partial charge in [-0.2, -0.15) is 0 Å². The minimum Gasteiger partial charge on any atom is -0.279 e. The fourth-order valence-corrected chi connectivity index (χ4v) is 3.06. The highest BCUT2D eigenvalue weighted by Gasteiger charge is 2.24. The monoisotopic (exact) mass is 297 g/mol. The van der Waals surface area contributed by atoms with Crippen LogP contribution in [0.5, 0.6) is 0 Å². The number of hydrogen-bond acceptors (Lipinski definition) is 2. The molecule has 0 unspecified atom stereocenters. The van der Waals surface area contributed by atoms with E-state index in [1.165, 1.54) is 0 Å². The molecule has 1 N–H and O–H groups in total. The van der Waals surface area contributed by atoms with E-state index in [9.17, 15) is 17.2 Å². The number of sulfonamides is 1. The predicted octanol–water partition coefficient (Wildman–Crippen LogP) is 3.38. The number of benzene rings is 2. The molecule has 0 aromatic heterocycles. The number of hydrogen-bond donors (Lipinski definition) is 1. The van der Waals surface area contributed by atoms with E-state index in [1.807, 2.05) is 13.0 Å². The van der Waals surface area contributed by atoms with Crippen LogP contribution in [-0.2, 0) is 10.0 Å². The van der Waals surface area contributed by atoms with Gasteiger partial charge in [-0.15, -0.1) is 0 Å². The van der Waals surface area contributed by atoms with Crippen LogP contribution < -0.4 is 4.72 Å². The van der Waals surface area contributed by atoms with Crippen molar-refractivity contribution < 1.29 is 17.2 Å². The zero-order chi connectivity index (χ0) is 14.9. The van der Waals surface area contributed by atoms with Crippen LogP contribution in [0.3, 0.4) is 0 Å². The van der Waals surface area contributed by atoms with E-state index in [-0.39, 0.29) is 0 Å². The summed E-state index contributed by atoms with van der Waals surface area (Å²) in [5.74, 6) is -2.24. The normalized spacial score (nSPS) is 11.4. The number of halogens is 2. The smallest absolute Gasteiger partial charge is 0.267 e. The zero-order valence-corrected chi connectivity index (χ0v) is 11.8. The molecule has 106 valence electrons. The van der Waals surface area contributed by atoms with Gasteiger partial charge in [0.25, 0.3) is 10.0 Å². The molecule has 0 saturated heterocycles. The summed E-state index contributed by atoms with van der Waals surface area (Å²) in [5, 5.41) is 0. The van der Waals surface area contributed by atoms with Crippen molar-refractivity contribution in [2.45, 2.75) is 18.7 Å². The Morgan fingerprint density at radius 2 is 1.50 bits per heavy atom. The van der Waals surface area contributed by atoms with Crippen molar-refractivity contribution in [3.63, 3.8) is 0 Å². The van der Waals surface area contributed by atoms with Gasteiger partial charge < -0.3 is 0 Å². The highest BCUT2D eigenvalue weighted by Crippen LogP contribution is 2.24. The fraction of sp³-hybridized carbons (Fsp3) is 0.143. The molecule has 0 aliphatic rings. The van der Waals surface area contributed by atoms with Crippen LogP contribution in [0.2, 0.25) is 0 Å². The molecule has 2 aromatic carbocycles. The van der Waals surface area contributed by atoms with Gasteiger partial charge in [0, 0.05) is 0 Å². The third-order valence-corrected chi connectivity index (χ3v) is 4.45. The summed E-state index contributed by atoms with van der Waals surface area (Å²) in [6.07, 6.45) is 0. The lowest BCUT2D eigenvalue weighted by atomic mass is 10.1. The Morgan fingerprint density at radius 1 is 0.950 bits per heavy atom. The Bertz CT molecular complexity index is 738. The maximum absolute atomic E-state index is 13.6. The van der Waals surface area contributed by atoms with E-state index < -0.39 is 26.6 Å². The molecule has 2 aromatic rings. The Morgan fingerprint density at radius 3 is 2.10 bits per heavy atom. The third-order valence-electron chi connectivity index (χ3n) is 3.04. The molecule has 0 amide bonds. The van der Waals surface area contributed by atoms with Crippen molar-refractivity contribution in [1.29, 1.82) is 0 Å². The Hall–Kier alpha value is -1.95. The molecule has 6 heteroatoms. The van der Waals surface area contributed by atoms with Crippen LogP contribution in [-0.4, -0.2) is 8.42 Å². The van der Waals surface area contributed by atoms with E-state index in [4.69, 9.17) is 0 Å². The van der Waals surface area contributed by atoms with Crippen molar-refractivity contribution >= 4 is 15.7 Å². The minimum atomic E-state index is -4.31. The van der Waals surface area contributed by atoms with Crippen molar-refractivity contribution in [3.8, 4) is 0 Å². The lowest BCUT2D eigenvalue weighted by Crippen LogP contribution is -2.17. The largest absolute Gasteiger partial charge is 0.279 e. The number of anilines is 1. The van der Waals surface area contributed by atoms with Crippen LogP contribution >= 0.6 is 0 Å². The van der Waals surface area contributed by atoms with Gasteiger partial charge >= 0.3 is 0 Å². The van der Waals surface area contributed by atoms with Gasteiger partial charge in [-0.1, -0.05) is 18.2 Å². The molecular formula is C14H13F2NO2S. The van der Waals surface area contributed by atoms with Crippen molar-refractivity contribution in [3.05, 3.63) is 59.2 Å². The summed E-state index contributed by atoms with van der Waals surface area (Å²) in [7, 11) is -4.31. The second kappa shape index (κ2) is 5.20. The van der Waals surface area contributed by atoms with Crippen molar-refractivity contribution in [2.24, 2.45) is 0 Å². The van der Waals surface area contributed by atoms with Crippen molar-refractivity contribution in [1.82, 2.24) is 0 Å². The maximum atomic E-state index is 13.6. The molecule has 20 heavy (non-hydrogen) atoms. The van der Waals surface area contributed by atoms with Gasteiger partial charge in [-0.3, -0.25) is 4.72 Å². The van der Waals surface area contributed by atoms with Crippen LogP contribution in [0, 0.1) is 25.5 Å².